The monoisotopic (exact) mass is 571 g/mol. The highest BCUT2D eigenvalue weighted by Crippen LogP contribution is 2.21. The number of ether oxygens (including phenoxy) is 2. The molecular weight excluding hydrogens is 530 g/mol. The molecule has 0 saturated carbocycles. The third-order valence-corrected chi connectivity index (χ3v) is 7.77. The Labute approximate surface area is 240 Å². The first-order valence-corrected chi connectivity index (χ1v) is 14.4. The summed E-state index contributed by atoms with van der Waals surface area (Å²) in [5.41, 5.74) is 0.774. The highest BCUT2D eigenvalue weighted by molar-refractivity contribution is 5.96. The summed E-state index contributed by atoms with van der Waals surface area (Å²) in [6.45, 7) is 6.39. The van der Waals surface area contributed by atoms with Crippen molar-refractivity contribution in [3.8, 4) is 5.75 Å². The zero-order valence-corrected chi connectivity index (χ0v) is 23.9. The maximum Gasteiger partial charge on any atom is 0.258 e. The van der Waals surface area contributed by atoms with Gasteiger partial charge < -0.3 is 35.6 Å². The molecule has 0 aromatic heterocycles. The van der Waals surface area contributed by atoms with Crippen molar-refractivity contribution in [2.24, 2.45) is 5.92 Å². The van der Waals surface area contributed by atoms with Crippen molar-refractivity contribution in [2.45, 2.75) is 83.1 Å². The Morgan fingerprint density at radius 1 is 0.976 bits per heavy atom. The molecule has 5 amide bonds. The summed E-state index contributed by atoms with van der Waals surface area (Å²) in [6.07, 6.45) is 2.65. The van der Waals surface area contributed by atoms with Crippen molar-refractivity contribution in [3.05, 3.63) is 29.8 Å². The van der Waals surface area contributed by atoms with E-state index >= 15 is 0 Å². The minimum Gasteiger partial charge on any atom is -0.484 e. The Hall–Kier alpha value is -3.67. The Balaban J connectivity index is 1.57. The molecule has 5 rings (SSSR count). The molecule has 0 unspecified atom stereocenters. The van der Waals surface area contributed by atoms with Crippen LogP contribution < -0.4 is 26.0 Å². The summed E-state index contributed by atoms with van der Waals surface area (Å²) < 4.78 is 11.0. The lowest BCUT2D eigenvalue weighted by molar-refractivity contribution is -0.143. The first kappa shape index (κ1) is 30.3. The molecule has 4 aliphatic rings. The zero-order chi connectivity index (χ0) is 29.5. The van der Waals surface area contributed by atoms with Gasteiger partial charge in [-0.3, -0.25) is 24.0 Å². The second-order valence-corrected chi connectivity index (χ2v) is 11.3. The van der Waals surface area contributed by atoms with E-state index < -0.39 is 41.9 Å². The lowest BCUT2D eigenvalue weighted by Gasteiger charge is -2.31. The average molecular weight is 572 g/mol. The van der Waals surface area contributed by atoms with Crippen LogP contribution in [0.3, 0.4) is 0 Å². The van der Waals surface area contributed by atoms with Gasteiger partial charge in [-0.05, 0) is 56.2 Å². The smallest absolute Gasteiger partial charge is 0.258 e. The van der Waals surface area contributed by atoms with Crippen LogP contribution in [0.25, 0.3) is 0 Å². The molecule has 0 aliphatic carbocycles. The molecule has 2 bridgehead atoms. The number of fused-ring (bicyclic) bond motifs is 13. The van der Waals surface area contributed by atoms with E-state index in [0.29, 0.717) is 51.2 Å². The molecule has 2 saturated heterocycles. The van der Waals surface area contributed by atoms with Crippen LogP contribution in [0.5, 0.6) is 5.75 Å². The number of hydrogen-bond donors (Lipinski definition) is 4. The van der Waals surface area contributed by atoms with Crippen molar-refractivity contribution in [3.63, 3.8) is 0 Å². The molecule has 12 nitrogen and oxygen atoms in total. The van der Waals surface area contributed by atoms with Crippen LogP contribution in [-0.4, -0.2) is 91.0 Å². The summed E-state index contributed by atoms with van der Waals surface area (Å²) in [6, 6.07) is 3.42. The average Bonchev–Trinajstić information content (AvgIpc) is 3.45. The number of benzene rings is 1. The fourth-order valence-corrected chi connectivity index (χ4v) is 5.34. The molecule has 41 heavy (non-hydrogen) atoms. The van der Waals surface area contributed by atoms with Gasteiger partial charge in [0.25, 0.3) is 5.91 Å². The van der Waals surface area contributed by atoms with Gasteiger partial charge in [-0.15, -0.1) is 0 Å². The molecular formula is C29H41N5O7. The van der Waals surface area contributed by atoms with E-state index in [0.717, 1.165) is 5.56 Å². The Morgan fingerprint density at radius 3 is 2.37 bits per heavy atom. The lowest BCUT2D eigenvalue weighted by Crippen LogP contribution is -2.58. The van der Waals surface area contributed by atoms with E-state index in [-0.39, 0.29) is 36.8 Å². The van der Waals surface area contributed by atoms with Gasteiger partial charge in [-0.25, -0.2) is 0 Å². The maximum absolute atomic E-state index is 13.5. The number of carbonyl (C=O) groups is 5. The van der Waals surface area contributed by atoms with Crippen LogP contribution in [0.1, 0.15) is 52.0 Å². The first-order valence-electron chi connectivity index (χ1n) is 14.4. The molecule has 4 aliphatic heterocycles. The predicted molar refractivity (Wildman–Crippen MR) is 149 cm³/mol. The van der Waals surface area contributed by atoms with Gasteiger partial charge in [0.1, 0.15) is 29.9 Å². The van der Waals surface area contributed by atoms with E-state index in [2.05, 4.69) is 21.3 Å². The molecule has 4 atom stereocenters. The zero-order valence-electron chi connectivity index (χ0n) is 23.9. The Kier molecular flexibility index (Phi) is 10.2. The lowest BCUT2D eigenvalue weighted by atomic mass is 10.0. The minimum absolute atomic E-state index is 0.0512. The van der Waals surface area contributed by atoms with Gasteiger partial charge in [0, 0.05) is 32.2 Å². The molecule has 224 valence electrons. The Bertz CT molecular complexity index is 1120. The molecule has 0 radical (unpaired) electrons. The van der Waals surface area contributed by atoms with E-state index in [1.54, 1.807) is 31.2 Å². The number of rotatable bonds is 3. The maximum atomic E-state index is 13.5. The van der Waals surface area contributed by atoms with Crippen molar-refractivity contribution in [2.75, 3.05) is 26.4 Å². The van der Waals surface area contributed by atoms with Gasteiger partial charge >= 0.3 is 0 Å². The van der Waals surface area contributed by atoms with Crippen LogP contribution in [-0.2, 0) is 35.1 Å². The molecule has 1 aromatic rings. The number of nitrogens with zero attached hydrogens (tertiary/aromatic N) is 1. The van der Waals surface area contributed by atoms with Gasteiger partial charge in [-0.1, -0.05) is 26.0 Å². The van der Waals surface area contributed by atoms with E-state index in [1.165, 1.54) is 4.90 Å². The van der Waals surface area contributed by atoms with Gasteiger partial charge in [0.05, 0.1) is 0 Å². The van der Waals surface area contributed by atoms with Crippen LogP contribution in [0.15, 0.2) is 24.3 Å². The summed E-state index contributed by atoms with van der Waals surface area (Å²) in [7, 11) is 0. The van der Waals surface area contributed by atoms with Gasteiger partial charge in [0.15, 0.2) is 6.61 Å². The van der Waals surface area contributed by atoms with Gasteiger partial charge in [0.2, 0.25) is 23.6 Å². The van der Waals surface area contributed by atoms with E-state index in [4.69, 9.17) is 9.47 Å². The summed E-state index contributed by atoms with van der Waals surface area (Å²) in [4.78, 5) is 67.4. The highest BCUT2D eigenvalue weighted by Gasteiger charge is 2.39. The quantitative estimate of drug-likeness (QED) is 0.399. The van der Waals surface area contributed by atoms with Crippen molar-refractivity contribution >= 4 is 29.5 Å². The number of carbonyl (C=O) groups excluding carboxylic acids is 5. The predicted octanol–water partition coefficient (Wildman–Crippen LogP) is 0.0380. The van der Waals surface area contributed by atoms with Crippen molar-refractivity contribution < 1.29 is 33.4 Å². The minimum atomic E-state index is -0.947. The van der Waals surface area contributed by atoms with Crippen LogP contribution >= 0.6 is 0 Å². The molecule has 2 fully saturated rings. The van der Waals surface area contributed by atoms with Crippen molar-refractivity contribution in [1.82, 2.24) is 26.2 Å². The number of nitrogens with one attached hydrogen (secondary N) is 4. The van der Waals surface area contributed by atoms with Crippen LogP contribution in [0, 0.1) is 5.92 Å². The number of hydrogen-bond acceptors (Lipinski definition) is 7. The SMILES string of the molecule is CC(C)[C@@H]1NC(=O)COc2ccc(cc2)C[C@@H](C(=O)NC2CCOCC2)NC(=O)[C@H](C)NC(=O)[C@H]2CCCN2C1=O. The largest absolute Gasteiger partial charge is 0.484 e. The molecule has 4 N–H and O–H groups in total. The molecule has 4 heterocycles. The standard InChI is InChI=1S/C29H41N5O7/c1-17(2)25-29(39)34-12-4-5-23(34)28(38)30-18(3)26(36)32-22(27(37)31-20-10-13-40-14-11-20)15-19-6-8-21(9-7-19)41-16-24(35)33-25/h6-9,17-18,20,22-23,25H,4-5,10-16H2,1-3H3,(H,30,38)(H,31,37)(H,32,36)(H,33,35)/t18-,22-,23+,25-/m0/s1. The first-order chi connectivity index (χ1) is 19.6. The Morgan fingerprint density at radius 2 is 1.68 bits per heavy atom. The third kappa shape index (κ3) is 7.96. The second kappa shape index (κ2) is 13.8. The van der Waals surface area contributed by atoms with Crippen LogP contribution in [0.4, 0.5) is 0 Å². The second-order valence-electron chi connectivity index (χ2n) is 11.3. The summed E-state index contributed by atoms with van der Waals surface area (Å²) in [5.74, 6) is -1.86. The molecule has 0 spiro atoms. The third-order valence-electron chi connectivity index (χ3n) is 7.77. The summed E-state index contributed by atoms with van der Waals surface area (Å²) in [5, 5.41) is 11.3. The summed E-state index contributed by atoms with van der Waals surface area (Å²) >= 11 is 0. The fourth-order valence-electron chi connectivity index (χ4n) is 5.34. The van der Waals surface area contributed by atoms with Gasteiger partial charge in [-0.2, -0.15) is 0 Å². The molecule has 12 heteroatoms. The number of amides is 5. The highest BCUT2D eigenvalue weighted by atomic mass is 16.5. The molecule has 1 aromatic carbocycles. The fraction of sp³-hybridized carbons (Fsp3) is 0.621. The topological polar surface area (TPSA) is 155 Å². The van der Waals surface area contributed by atoms with E-state index in [9.17, 15) is 24.0 Å². The van der Waals surface area contributed by atoms with E-state index in [1.807, 2.05) is 13.8 Å². The van der Waals surface area contributed by atoms with Crippen LogP contribution in [0.2, 0.25) is 0 Å². The normalized spacial score (nSPS) is 27.1. The van der Waals surface area contributed by atoms with Crippen molar-refractivity contribution in [1.29, 1.82) is 0 Å².